The van der Waals surface area contributed by atoms with Crippen molar-refractivity contribution in [1.29, 1.82) is 0 Å². The van der Waals surface area contributed by atoms with E-state index in [1.54, 1.807) is 21.9 Å². The second kappa shape index (κ2) is 7.35. The monoisotopic (exact) mass is 438 g/mol. The molecule has 2 amide bonds. The van der Waals surface area contributed by atoms with Crippen LogP contribution in [0.25, 0.3) is 11.1 Å². The first kappa shape index (κ1) is 20.0. The highest BCUT2D eigenvalue weighted by Crippen LogP contribution is 2.37. The van der Waals surface area contributed by atoms with Gasteiger partial charge in [-0.2, -0.15) is 0 Å². The quantitative estimate of drug-likeness (QED) is 0.765. The van der Waals surface area contributed by atoms with Gasteiger partial charge in [0.25, 0.3) is 11.8 Å². The molecule has 2 aromatic rings. The van der Waals surface area contributed by atoms with Crippen molar-refractivity contribution < 1.29 is 14.7 Å². The third kappa shape index (κ3) is 3.58. The summed E-state index contributed by atoms with van der Waals surface area (Å²) < 4.78 is 0. The molecule has 2 aromatic carbocycles. The molecule has 1 aliphatic carbocycles. The Balaban J connectivity index is 1.29. The third-order valence-electron chi connectivity index (χ3n) is 6.31. The topological polar surface area (TPSA) is 99.2 Å². The first-order valence-electron chi connectivity index (χ1n) is 10.4. The zero-order valence-electron chi connectivity index (χ0n) is 17.0. The Morgan fingerprint density at radius 1 is 1.00 bits per heavy atom. The van der Waals surface area contributed by atoms with Crippen LogP contribution in [0.2, 0.25) is 5.02 Å². The SMILES string of the molecule is NC1=NCc2ccc(-c3ccc(C(=O)N4CCN(C(=O)C5(O)CC5)CC4)cc3Cl)cc21. The Morgan fingerprint density at radius 2 is 1.71 bits per heavy atom. The Kier molecular flexibility index (Phi) is 4.75. The lowest BCUT2D eigenvalue weighted by molar-refractivity contribution is -0.143. The molecule has 1 saturated heterocycles. The molecule has 7 nitrogen and oxygen atoms in total. The van der Waals surface area contributed by atoms with Gasteiger partial charge in [-0.05, 0) is 42.2 Å². The summed E-state index contributed by atoms with van der Waals surface area (Å²) in [5.74, 6) is 0.203. The molecule has 3 aliphatic rings. The highest BCUT2D eigenvalue weighted by Gasteiger charge is 2.50. The first-order valence-corrected chi connectivity index (χ1v) is 10.8. The molecule has 1 saturated carbocycles. The minimum atomic E-state index is -1.16. The number of nitrogens with two attached hydrogens (primary N) is 1. The number of carbonyl (C=O) groups is 2. The average molecular weight is 439 g/mol. The summed E-state index contributed by atoms with van der Waals surface area (Å²) >= 11 is 6.54. The highest BCUT2D eigenvalue weighted by molar-refractivity contribution is 6.33. The molecule has 0 atom stereocenters. The molecule has 0 spiro atoms. The molecule has 5 rings (SSSR count). The maximum Gasteiger partial charge on any atom is 0.254 e. The molecule has 0 unspecified atom stereocenters. The van der Waals surface area contributed by atoms with Crippen molar-refractivity contribution in [3.8, 4) is 11.1 Å². The van der Waals surface area contributed by atoms with Gasteiger partial charge in [0, 0.05) is 47.9 Å². The lowest BCUT2D eigenvalue weighted by atomic mass is 9.98. The molecule has 31 heavy (non-hydrogen) atoms. The van der Waals surface area contributed by atoms with Crippen LogP contribution in [0.4, 0.5) is 0 Å². The maximum absolute atomic E-state index is 13.0. The normalized spacial score (nSPS) is 19.1. The molecular weight excluding hydrogens is 416 g/mol. The van der Waals surface area contributed by atoms with E-state index in [2.05, 4.69) is 4.99 Å². The van der Waals surface area contributed by atoms with Crippen molar-refractivity contribution in [2.75, 3.05) is 26.2 Å². The van der Waals surface area contributed by atoms with Gasteiger partial charge in [0.1, 0.15) is 11.4 Å². The second-order valence-corrected chi connectivity index (χ2v) is 8.79. The fraction of sp³-hybridized carbons (Fsp3) is 0.348. The molecule has 0 aromatic heterocycles. The number of amidine groups is 1. The van der Waals surface area contributed by atoms with Crippen LogP contribution in [0.3, 0.4) is 0 Å². The van der Waals surface area contributed by atoms with Crippen LogP contribution < -0.4 is 5.73 Å². The molecule has 2 aliphatic heterocycles. The number of nitrogens with zero attached hydrogens (tertiary/aromatic N) is 3. The number of fused-ring (bicyclic) bond motifs is 1. The molecule has 0 radical (unpaired) electrons. The lowest BCUT2D eigenvalue weighted by Gasteiger charge is -2.35. The number of piperazine rings is 1. The maximum atomic E-state index is 13.0. The Hall–Kier alpha value is -2.90. The van der Waals surface area contributed by atoms with Crippen molar-refractivity contribution in [3.63, 3.8) is 0 Å². The molecular formula is C23H23ClN4O3. The van der Waals surface area contributed by atoms with Crippen LogP contribution in [0, 0.1) is 0 Å². The fourth-order valence-electron chi connectivity index (χ4n) is 4.18. The Morgan fingerprint density at radius 3 is 2.39 bits per heavy atom. The summed E-state index contributed by atoms with van der Waals surface area (Å²) in [6, 6.07) is 11.3. The summed E-state index contributed by atoms with van der Waals surface area (Å²) in [4.78, 5) is 32.9. The smallest absolute Gasteiger partial charge is 0.254 e. The van der Waals surface area contributed by atoms with E-state index in [4.69, 9.17) is 17.3 Å². The molecule has 2 heterocycles. The Bertz CT molecular complexity index is 1120. The van der Waals surface area contributed by atoms with Gasteiger partial charge in [0.15, 0.2) is 0 Å². The molecule has 0 bridgehead atoms. The largest absolute Gasteiger partial charge is 0.383 e. The molecule has 3 N–H and O–H groups in total. The number of carbonyl (C=O) groups excluding carboxylic acids is 2. The predicted octanol–water partition coefficient (Wildman–Crippen LogP) is 2.04. The predicted molar refractivity (Wildman–Crippen MR) is 118 cm³/mol. The van der Waals surface area contributed by atoms with E-state index in [1.807, 2.05) is 24.3 Å². The standard InChI is InChI=1S/C23H23ClN4O3/c24-19-12-15(3-4-17(19)14-1-2-16-13-26-20(25)18(16)11-14)21(29)27-7-9-28(10-8-27)22(30)23(31)5-6-23/h1-4,11-12,31H,5-10,13H2,(H2,25,26). The van der Waals surface area contributed by atoms with Crippen molar-refractivity contribution >= 4 is 29.3 Å². The summed E-state index contributed by atoms with van der Waals surface area (Å²) in [5.41, 5.74) is 9.08. The lowest BCUT2D eigenvalue weighted by Crippen LogP contribution is -2.53. The zero-order valence-corrected chi connectivity index (χ0v) is 17.7. The summed E-state index contributed by atoms with van der Waals surface area (Å²) in [6.45, 7) is 2.32. The fourth-order valence-corrected chi connectivity index (χ4v) is 4.47. The number of hydrogen-bond donors (Lipinski definition) is 2. The first-order chi connectivity index (χ1) is 14.9. The van der Waals surface area contributed by atoms with Crippen LogP contribution >= 0.6 is 11.6 Å². The van der Waals surface area contributed by atoms with Gasteiger partial charge in [0.2, 0.25) is 0 Å². The van der Waals surface area contributed by atoms with Crippen molar-refractivity contribution in [1.82, 2.24) is 9.80 Å². The van der Waals surface area contributed by atoms with E-state index in [0.717, 1.165) is 22.3 Å². The highest BCUT2D eigenvalue weighted by atomic mass is 35.5. The number of halogens is 1. The zero-order chi connectivity index (χ0) is 21.8. The molecule has 160 valence electrons. The van der Waals surface area contributed by atoms with Crippen molar-refractivity contribution in [2.45, 2.75) is 25.0 Å². The van der Waals surface area contributed by atoms with E-state index < -0.39 is 5.60 Å². The van der Waals surface area contributed by atoms with Crippen LogP contribution in [0.1, 0.15) is 34.3 Å². The van der Waals surface area contributed by atoms with Gasteiger partial charge in [-0.3, -0.25) is 14.6 Å². The van der Waals surface area contributed by atoms with Gasteiger partial charge in [0.05, 0.1) is 6.54 Å². The van der Waals surface area contributed by atoms with Crippen molar-refractivity contribution in [3.05, 3.63) is 58.1 Å². The van der Waals surface area contributed by atoms with E-state index in [1.165, 1.54) is 0 Å². The third-order valence-corrected chi connectivity index (χ3v) is 6.62. The molecule has 8 heteroatoms. The van der Waals surface area contributed by atoms with E-state index in [-0.39, 0.29) is 11.8 Å². The molecule has 2 fully saturated rings. The van der Waals surface area contributed by atoms with Gasteiger partial charge in [-0.25, -0.2) is 0 Å². The van der Waals surface area contributed by atoms with E-state index >= 15 is 0 Å². The summed E-state index contributed by atoms with van der Waals surface area (Å²) in [7, 11) is 0. The minimum Gasteiger partial charge on any atom is -0.383 e. The average Bonchev–Trinajstić information content (AvgIpc) is 3.44. The van der Waals surface area contributed by atoms with Gasteiger partial charge in [-0.15, -0.1) is 0 Å². The van der Waals surface area contributed by atoms with Crippen LogP contribution in [0.15, 0.2) is 41.4 Å². The second-order valence-electron chi connectivity index (χ2n) is 8.38. The van der Waals surface area contributed by atoms with Gasteiger partial charge >= 0.3 is 0 Å². The van der Waals surface area contributed by atoms with Gasteiger partial charge < -0.3 is 20.6 Å². The van der Waals surface area contributed by atoms with Crippen LogP contribution in [-0.4, -0.2) is 64.3 Å². The number of hydrogen-bond acceptors (Lipinski definition) is 5. The van der Waals surface area contributed by atoms with Crippen LogP contribution in [-0.2, 0) is 11.3 Å². The number of aliphatic imine (C=N–C) groups is 1. The number of amides is 2. The number of rotatable bonds is 3. The van der Waals surface area contributed by atoms with Crippen LogP contribution in [0.5, 0.6) is 0 Å². The Labute approximate surface area is 185 Å². The summed E-state index contributed by atoms with van der Waals surface area (Å²) in [5, 5.41) is 10.5. The van der Waals surface area contributed by atoms with Gasteiger partial charge in [-0.1, -0.05) is 29.8 Å². The van der Waals surface area contributed by atoms with E-state index in [9.17, 15) is 14.7 Å². The number of benzene rings is 2. The minimum absolute atomic E-state index is 0.115. The van der Waals surface area contributed by atoms with Crippen molar-refractivity contribution in [2.24, 2.45) is 10.7 Å². The van der Waals surface area contributed by atoms with E-state index in [0.29, 0.717) is 62.0 Å². The number of aliphatic hydroxyl groups is 1. The summed E-state index contributed by atoms with van der Waals surface area (Å²) in [6.07, 6.45) is 1.05.